The van der Waals surface area contributed by atoms with Crippen LogP contribution >= 0.6 is 0 Å². The van der Waals surface area contributed by atoms with Crippen LogP contribution in [0.25, 0.3) is 0 Å². The molecular formula is C16H26N2O. The van der Waals surface area contributed by atoms with Gasteiger partial charge in [-0.3, -0.25) is 4.79 Å². The monoisotopic (exact) mass is 262 g/mol. The molecule has 2 N–H and O–H groups in total. The maximum Gasteiger partial charge on any atom is 0.222 e. The van der Waals surface area contributed by atoms with E-state index in [1.165, 1.54) is 11.1 Å². The fourth-order valence-electron chi connectivity index (χ4n) is 2.12. The summed E-state index contributed by atoms with van der Waals surface area (Å²) in [6.07, 6.45) is 2.53. The van der Waals surface area contributed by atoms with E-state index in [1.54, 1.807) is 0 Å². The molecule has 0 aromatic heterocycles. The summed E-state index contributed by atoms with van der Waals surface area (Å²) in [5.74, 6) is 0.743. The van der Waals surface area contributed by atoms with E-state index in [2.05, 4.69) is 26.0 Å². The molecule has 3 heteroatoms. The fourth-order valence-corrected chi connectivity index (χ4v) is 2.12. The third kappa shape index (κ3) is 5.43. The summed E-state index contributed by atoms with van der Waals surface area (Å²) in [5.41, 5.74) is 7.97. The van der Waals surface area contributed by atoms with E-state index in [9.17, 15) is 4.79 Å². The van der Waals surface area contributed by atoms with Gasteiger partial charge in [0.25, 0.3) is 0 Å². The average Bonchev–Trinajstić information content (AvgIpc) is 2.39. The number of hydrogen-bond acceptors (Lipinski definition) is 2. The molecule has 0 fully saturated rings. The molecule has 1 aromatic carbocycles. The van der Waals surface area contributed by atoms with Crippen LogP contribution in [-0.4, -0.2) is 24.4 Å². The van der Waals surface area contributed by atoms with Gasteiger partial charge in [0.15, 0.2) is 0 Å². The summed E-state index contributed by atoms with van der Waals surface area (Å²) in [6.45, 7) is 5.63. The molecule has 0 aliphatic carbocycles. The van der Waals surface area contributed by atoms with Crippen molar-refractivity contribution in [3.63, 3.8) is 0 Å². The second kappa shape index (κ2) is 7.95. The molecule has 106 valence electrons. The van der Waals surface area contributed by atoms with Crippen molar-refractivity contribution >= 4 is 5.91 Å². The summed E-state index contributed by atoms with van der Waals surface area (Å²) >= 11 is 0. The van der Waals surface area contributed by atoms with Crippen LogP contribution in [0.4, 0.5) is 0 Å². The second-order valence-corrected chi connectivity index (χ2v) is 5.40. The smallest absolute Gasteiger partial charge is 0.222 e. The summed E-state index contributed by atoms with van der Waals surface area (Å²) in [6, 6.07) is 8.20. The lowest BCUT2D eigenvalue weighted by molar-refractivity contribution is -0.130. The van der Waals surface area contributed by atoms with Crippen LogP contribution in [0.2, 0.25) is 0 Å². The van der Waals surface area contributed by atoms with E-state index in [1.807, 2.05) is 24.1 Å². The number of hydrogen-bond donors (Lipinski definition) is 1. The van der Waals surface area contributed by atoms with Crippen molar-refractivity contribution in [2.75, 3.05) is 13.6 Å². The van der Waals surface area contributed by atoms with Crippen molar-refractivity contribution in [1.29, 1.82) is 0 Å². The molecule has 0 aliphatic rings. The lowest BCUT2D eigenvalue weighted by Crippen LogP contribution is -2.26. The molecule has 0 saturated carbocycles. The molecule has 1 atom stereocenters. The van der Waals surface area contributed by atoms with Gasteiger partial charge in [-0.15, -0.1) is 0 Å². The van der Waals surface area contributed by atoms with Crippen LogP contribution in [0.1, 0.15) is 37.3 Å². The van der Waals surface area contributed by atoms with Crippen LogP contribution in [0, 0.1) is 12.8 Å². The predicted octanol–water partition coefficient (Wildman–Crippen LogP) is 2.72. The molecule has 1 rings (SSSR count). The normalized spacial score (nSPS) is 12.2. The maximum atomic E-state index is 12.1. The first-order chi connectivity index (χ1) is 9.04. The third-order valence-corrected chi connectivity index (χ3v) is 3.60. The molecule has 0 aliphatic heterocycles. The van der Waals surface area contributed by atoms with Gasteiger partial charge in [-0.25, -0.2) is 0 Å². The molecule has 3 nitrogen and oxygen atoms in total. The molecule has 0 bridgehead atoms. The van der Waals surface area contributed by atoms with Crippen LogP contribution in [0.15, 0.2) is 24.3 Å². The molecule has 0 heterocycles. The van der Waals surface area contributed by atoms with E-state index >= 15 is 0 Å². The summed E-state index contributed by atoms with van der Waals surface area (Å²) < 4.78 is 0. The molecule has 1 unspecified atom stereocenters. The number of aryl methyl sites for hydroxylation is 1. The fraction of sp³-hybridized carbons (Fsp3) is 0.562. The minimum absolute atomic E-state index is 0.215. The van der Waals surface area contributed by atoms with Crippen LogP contribution in [-0.2, 0) is 11.3 Å². The molecular weight excluding hydrogens is 236 g/mol. The van der Waals surface area contributed by atoms with Gasteiger partial charge >= 0.3 is 0 Å². The van der Waals surface area contributed by atoms with Gasteiger partial charge in [-0.1, -0.05) is 31.2 Å². The van der Waals surface area contributed by atoms with E-state index in [0.29, 0.717) is 25.4 Å². The minimum Gasteiger partial charge on any atom is -0.341 e. The van der Waals surface area contributed by atoms with Gasteiger partial charge in [0, 0.05) is 20.0 Å². The number of amides is 1. The second-order valence-electron chi connectivity index (χ2n) is 5.40. The Bertz CT molecular complexity index is 403. The zero-order valence-corrected chi connectivity index (χ0v) is 12.4. The number of carbonyl (C=O) groups excluding carboxylic acids is 1. The Morgan fingerprint density at radius 1 is 1.32 bits per heavy atom. The van der Waals surface area contributed by atoms with Gasteiger partial charge < -0.3 is 10.6 Å². The molecule has 0 radical (unpaired) electrons. The van der Waals surface area contributed by atoms with Gasteiger partial charge in [-0.2, -0.15) is 0 Å². The van der Waals surface area contributed by atoms with Crippen LogP contribution < -0.4 is 5.73 Å². The lowest BCUT2D eigenvalue weighted by Gasteiger charge is -2.19. The largest absolute Gasteiger partial charge is 0.341 e. The summed E-state index contributed by atoms with van der Waals surface area (Å²) in [4.78, 5) is 13.9. The topological polar surface area (TPSA) is 46.3 Å². The number of rotatable bonds is 7. The Morgan fingerprint density at radius 2 is 2.00 bits per heavy atom. The minimum atomic E-state index is 0.215. The first kappa shape index (κ1) is 15.7. The van der Waals surface area contributed by atoms with E-state index in [4.69, 9.17) is 5.73 Å². The standard InChI is InChI=1S/C16H26N2O/c1-13(10-11-17)8-9-16(19)18(3)12-15-7-5-4-6-14(15)2/h4-7,13H,8-12,17H2,1-3H3. The average molecular weight is 262 g/mol. The van der Waals surface area contributed by atoms with Crippen molar-refractivity contribution in [2.24, 2.45) is 11.7 Å². The Labute approximate surface area is 116 Å². The van der Waals surface area contributed by atoms with Crippen molar-refractivity contribution in [3.8, 4) is 0 Å². The van der Waals surface area contributed by atoms with Gasteiger partial charge in [0.05, 0.1) is 0 Å². The predicted molar refractivity (Wildman–Crippen MR) is 79.7 cm³/mol. The summed E-state index contributed by atoms with van der Waals surface area (Å²) in [5, 5.41) is 0. The Balaban J connectivity index is 2.43. The quantitative estimate of drug-likeness (QED) is 0.821. The SMILES string of the molecule is Cc1ccccc1CN(C)C(=O)CCC(C)CCN. The van der Waals surface area contributed by atoms with Crippen molar-refractivity contribution in [2.45, 2.75) is 39.7 Å². The highest BCUT2D eigenvalue weighted by Gasteiger charge is 2.12. The first-order valence-corrected chi connectivity index (χ1v) is 7.03. The van der Waals surface area contributed by atoms with Gasteiger partial charge in [-0.05, 0) is 43.4 Å². The van der Waals surface area contributed by atoms with Gasteiger partial charge in [0.1, 0.15) is 0 Å². The molecule has 19 heavy (non-hydrogen) atoms. The number of benzene rings is 1. The van der Waals surface area contributed by atoms with E-state index < -0.39 is 0 Å². The molecule has 1 aromatic rings. The lowest BCUT2D eigenvalue weighted by atomic mass is 10.0. The van der Waals surface area contributed by atoms with Crippen LogP contribution in [0.3, 0.4) is 0 Å². The highest BCUT2D eigenvalue weighted by molar-refractivity contribution is 5.75. The van der Waals surface area contributed by atoms with Crippen LogP contribution in [0.5, 0.6) is 0 Å². The Morgan fingerprint density at radius 3 is 2.63 bits per heavy atom. The highest BCUT2D eigenvalue weighted by Crippen LogP contribution is 2.13. The maximum absolute atomic E-state index is 12.1. The van der Waals surface area contributed by atoms with E-state index in [-0.39, 0.29) is 5.91 Å². The van der Waals surface area contributed by atoms with Crippen molar-refractivity contribution in [1.82, 2.24) is 4.90 Å². The van der Waals surface area contributed by atoms with Gasteiger partial charge in [0.2, 0.25) is 5.91 Å². The zero-order valence-electron chi connectivity index (χ0n) is 12.4. The highest BCUT2D eigenvalue weighted by atomic mass is 16.2. The zero-order chi connectivity index (χ0) is 14.3. The van der Waals surface area contributed by atoms with E-state index in [0.717, 1.165) is 12.8 Å². The molecule has 0 saturated heterocycles. The molecule has 0 spiro atoms. The molecule has 1 amide bonds. The first-order valence-electron chi connectivity index (χ1n) is 7.03. The Kier molecular flexibility index (Phi) is 6.57. The number of carbonyl (C=O) groups is 1. The Hall–Kier alpha value is -1.35. The summed E-state index contributed by atoms with van der Waals surface area (Å²) in [7, 11) is 1.88. The number of nitrogens with two attached hydrogens (primary N) is 1. The van der Waals surface area contributed by atoms with Crippen molar-refractivity contribution < 1.29 is 4.79 Å². The number of nitrogens with zero attached hydrogens (tertiary/aromatic N) is 1. The van der Waals surface area contributed by atoms with Crippen molar-refractivity contribution in [3.05, 3.63) is 35.4 Å². The third-order valence-electron chi connectivity index (χ3n) is 3.60.